The van der Waals surface area contributed by atoms with Crippen LogP contribution in [0.4, 0.5) is 0 Å². The molecule has 0 radical (unpaired) electrons. The Kier molecular flexibility index (Phi) is 7.76. The molecule has 1 rings (SSSR count). The highest BCUT2D eigenvalue weighted by Crippen LogP contribution is 1.89. The Hall–Kier alpha value is -0.160. The van der Waals surface area contributed by atoms with Gasteiger partial charge in [-0.05, 0) is 53.1 Å². The van der Waals surface area contributed by atoms with Crippen LogP contribution in [0, 0.1) is 0 Å². The summed E-state index contributed by atoms with van der Waals surface area (Å²) in [6.07, 6.45) is 2.51. The fourth-order valence-electron chi connectivity index (χ4n) is 1.96. The largest absolute Gasteiger partial charge is 0.317 e. The minimum Gasteiger partial charge on any atom is -0.317 e. The summed E-state index contributed by atoms with van der Waals surface area (Å²) in [4.78, 5) is 4.81. The first-order valence-corrected chi connectivity index (χ1v) is 6.57. The predicted octanol–water partition coefficient (Wildman–Crippen LogP) is -0.177. The SMILES string of the molecule is CN1CCCNCCCN(C)CCNCC1. The molecule has 1 aliphatic heterocycles. The van der Waals surface area contributed by atoms with Crippen molar-refractivity contribution in [2.45, 2.75) is 12.8 Å². The molecule has 0 aromatic carbocycles. The molecule has 0 saturated carbocycles. The molecule has 4 nitrogen and oxygen atoms in total. The molecule has 1 aliphatic rings. The lowest BCUT2D eigenvalue weighted by molar-refractivity contribution is 0.297. The van der Waals surface area contributed by atoms with Gasteiger partial charge in [0.15, 0.2) is 0 Å². The maximum absolute atomic E-state index is 3.51. The number of likely N-dealkylation sites (N-methyl/N-ethyl adjacent to an activating group) is 2. The topological polar surface area (TPSA) is 30.5 Å². The molecule has 16 heavy (non-hydrogen) atoms. The maximum atomic E-state index is 3.51. The van der Waals surface area contributed by atoms with Crippen molar-refractivity contribution in [1.82, 2.24) is 20.4 Å². The van der Waals surface area contributed by atoms with Crippen molar-refractivity contribution in [3.8, 4) is 0 Å². The van der Waals surface area contributed by atoms with Crippen LogP contribution < -0.4 is 10.6 Å². The van der Waals surface area contributed by atoms with Gasteiger partial charge in [-0.15, -0.1) is 0 Å². The quantitative estimate of drug-likeness (QED) is 0.602. The van der Waals surface area contributed by atoms with Crippen LogP contribution in [-0.4, -0.2) is 76.3 Å². The molecule has 0 spiro atoms. The van der Waals surface area contributed by atoms with Crippen molar-refractivity contribution in [3.63, 3.8) is 0 Å². The lowest BCUT2D eigenvalue weighted by Crippen LogP contribution is -2.36. The molecule has 0 amide bonds. The fraction of sp³-hybridized carbons (Fsp3) is 1.00. The molecular weight excluding hydrogens is 200 g/mol. The third kappa shape index (κ3) is 7.17. The van der Waals surface area contributed by atoms with Crippen LogP contribution in [0.1, 0.15) is 12.8 Å². The summed E-state index contributed by atoms with van der Waals surface area (Å²) in [6, 6.07) is 0. The lowest BCUT2D eigenvalue weighted by atomic mass is 10.3. The van der Waals surface area contributed by atoms with Gasteiger partial charge in [0, 0.05) is 26.2 Å². The Labute approximate surface area is 100 Å². The van der Waals surface area contributed by atoms with Gasteiger partial charge < -0.3 is 20.4 Å². The molecule has 2 N–H and O–H groups in total. The molecule has 1 heterocycles. The Morgan fingerprint density at radius 2 is 1.06 bits per heavy atom. The van der Waals surface area contributed by atoms with Crippen LogP contribution in [0.5, 0.6) is 0 Å². The third-order valence-corrected chi connectivity index (χ3v) is 3.13. The second kappa shape index (κ2) is 8.93. The average Bonchev–Trinajstić information content (AvgIpc) is 2.26. The van der Waals surface area contributed by atoms with Crippen molar-refractivity contribution in [1.29, 1.82) is 0 Å². The van der Waals surface area contributed by atoms with E-state index in [1.54, 1.807) is 0 Å². The van der Waals surface area contributed by atoms with E-state index < -0.39 is 0 Å². The molecular formula is C12H28N4. The highest BCUT2D eigenvalue weighted by molar-refractivity contribution is 4.61. The van der Waals surface area contributed by atoms with Crippen molar-refractivity contribution >= 4 is 0 Å². The van der Waals surface area contributed by atoms with Crippen LogP contribution >= 0.6 is 0 Å². The zero-order valence-electron chi connectivity index (χ0n) is 11.0. The highest BCUT2D eigenvalue weighted by atomic mass is 15.1. The smallest absolute Gasteiger partial charge is 0.0104 e. The van der Waals surface area contributed by atoms with Gasteiger partial charge in [0.25, 0.3) is 0 Å². The Morgan fingerprint density at radius 1 is 0.625 bits per heavy atom. The van der Waals surface area contributed by atoms with Crippen LogP contribution in [0.25, 0.3) is 0 Å². The van der Waals surface area contributed by atoms with Gasteiger partial charge in [0.2, 0.25) is 0 Å². The number of hydrogen-bond acceptors (Lipinski definition) is 4. The summed E-state index contributed by atoms with van der Waals surface area (Å²) >= 11 is 0. The number of nitrogens with zero attached hydrogens (tertiary/aromatic N) is 2. The predicted molar refractivity (Wildman–Crippen MR) is 70.0 cm³/mol. The van der Waals surface area contributed by atoms with Crippen molar-refractivity contribution < 1.29 is 0 Å². The first kappa shape index (κ1) is 13.9. The van der Waals surface area contributed by atoms with Crippen molar-refractivity contribution in [2.24, 2.45) is 0 Å². The summed E-state index contributed by atoms with van der Waals surface area (Å²) in [5.74, 6) is 0. The lowest BCUT2D eigenvalue weighted by Gasteiger charge is -2.20. The minimum absolute atomic E-state index is 1.11. The van der Waals surface area contributed by atoms with E-state index in [0.717, 1.165) is 39.3 Å². The summed E-state index contributed by atoms with van der Waals surface area (Å²) in [5.41, 5.74) is 0. The monoisotopic (exact) mass is 228 g/mol. The first-order valence-electron chi connectivity index (χ1n) is 6.57. The summed E-state index contributed by atoms with van der Waals surface area (Å²) in [6.45, 7) is 9.25. The molecule has 1 fully saturated rings. The Bertz CT molecular complexity index is 147. The van der Waals surface area contributed by atoms with Crippen molar-refractivity contribution in [2.75, 3.05) is 66.5 Å². The van der Waals surface area contributed by atoms with Gasteiger partial charge in [-0.3, -0.25) is 0 Å². The van der Waals surface area contributed by atoms with Crippen LogP contribution in [-0.2, 0) is 0 Å². The molecule has 0 unspecified atom stereocenters. The molecule has 0 aromatic rings. The molecule has 0 aliphatic carbocycles. The molecule has 0 aromatic heterocycles. The maximum Gasteiger partial charge on any atom is 0.0104 e. The van der Waals surface area contributed by atoms with Crippen LogP contribution in [0.15, 0.2) is 0 Å². The third-order valence-electron chi connectivity index (χ3n) is 3.13. The van der Waals surface area contributed by atoms with E-state index in [0.29, 0.717) is 0 Å². The standard InChI is InChI=1S/C12H28N4/c1-15-9-3-5-13-6-4-10-16(2)12-8-14-7-11-15/h13-14H,3-12H2,1-2H3. The van der Waals surface area contributed by atoms with E-state index in [-0.39, 0.29) is 0 Å². The summed E-state index contributed by atoms with van der Waals surface area (Å²) < 4.78 is 0. The fourth-order valence-corrected chi connectivity index (χ4v) is 1.96. The first-order chi connectivity index (χ1) is 7.79. The normalized spacial score (nSPS) is 25.1. The van der Waals surface area contributed by atoms with E-state index in [2.05, 4.69) is 34.5 Å². The van der Waals surface area contributed by atoms with E-state index in [1.165, 1.54) is 25.9 Å². The molecule has 0 bridgehead atoms. The molecule has 0 atom stereocenters. The van der Waals surface area contributed by atoms with E-state index in [4.69, 9.17) is 0 Å². The minimum atomic E-state index is 1.11. The summed E-state index contributed by atoms with van der Waals surface area (Å²) in [7, 11) is 4.42. The molecule has 1 saturated heterocycles. The Balaban J connectivity index is 2.18. The number of nitrogens with one attached hydrogen (secondary N) is 2. The van der Waals surface area contributed by atoms with E-state index >= 15 is 0 Å². The molecule has 96 valence electrons. The van der Waals surface area contributed by atoms with Gasteiger partial charge in [0.05, 0.1) is 0 Å². The second-order valence-corrected chi connectivity index (χ2v) is 4.81. The van der Waals surface area contributed by atoms with E-state index in [9.17, 15) is 0 Å². The van der Waals surface area contributed by atoms with Gasteiger partial charge in [0.1, 0.15) is 0 Å². The van der Waals surface area contributed by atoms with Crippen molar-refractivity contribution in [3.05, 3.63) is 0 Å². The van der Waals surface area contributed by atoms with Crippen LogP contribution in [0.2, 0.25) is 0 Å². The molecule has 4 heteroatoms. The second-order valence-electron chi connectivity index (χ2n) is 4.81. The summed E-state index contributed by atoms with van der Waals surface area (Å²) in [5, 5.41) is 7.01. The zero-order chi connectivity index (χ0) is 11.6. The van der Waals surface area contributed by atoms with Crippen LogP contribution in [0.3, 0.4) is 0 Å². The van der Waals surface area contributed by atoms with E-state index in [1.807, 2.05) is 0 Å². The highest BCUT2D eigenvalue weighted by Gasteiger charge is 2.01. The number of rotatable bonds is 0. The van der Waals surface area contributed by atoms with Gasteiger partial charge in [-0.25, -0.2) is 0 Å². The van der Waals surface area contributed by atoms with Gasteiger partial charge in [-0.1, -0.05) is 0 Å². The zero-order valence-corrected chi connectivity index (χ0v) is 11.0. The van der Waals surface area contributed by atoms with Gasteiger partial charge >= 0.3 is 0 Å². The Morgan fingerprint density at radius 3 is 1.56 bits per heavy atom. The average molecular weight is 228 g/mol. The number of hydrogen-bond donors (Lipinski definition) is 2. The van der Waals surface area contributed by atoms with Gasteiger partial charge in [-0.2, -0.15) is 0 Å².